The quantitative estimate of drug-likeness (QED) is 0.729. The first-order chi connectivity index (χ1) is 15.0. The number of aromatic nitrogens is 2. The van der Waals surface area contributed by atoms with Crippen LogP contribution in [0, 0.1) is 6.92 Å². The number of nitrogens with zero attached hydrogens (tertiary/aromatic N) is 5. The average Bonchev–Trinajstić information content (AvgIpc) is 3.36. The van der Waals surface area contributed by atoms with Crippen LogP contribution in [0.1, 0.15) is 62.0 Å². The molecular formula is C24H33N5OS. The van der Waals surface area contributed by atoms with Crippen molar-refractivity contribution in [1.29, 1.82) is 0 Å². The van der Waals surface area contributed by atoms with Gasteiger partial charge in [0.1, 0.15) is 5.82 Å². The Balaban J connectivity index is 1.24. The van der Waals surface area contributed by atoms with E-state index in [2.05, 4.69) is 43.4 Å². The molecule has 1 aromatic carbocycles. The Labute approximate surface area is 189 Å². The number of rotatable bonds is 3. The van der Waals surface area contributed by atoms with E-state index in [1.165, 1.54) is 48.3 Å². The SMILES string of the molecule is CC(=O)N(C)[C@H]1CC2(CCN(C3CCN(c4nc(C)ns4)CC3)CC2)c2ccccc21. The van der Waals surface area contributed by atoms with E-state index in [0.29, 0.717) is 6.04 Å². The lowest BCUT2D eigenvalue weighted by molar-refractivity contribution is -0.130. The second kappa shape index (κ2) is 8.17. The van der Waals surface area contributed by atoms with Crippen LogP contribution in [0.25, 0.3) is 0 Å². The number of hydrogen-bond acceptors (Lipinski definition) is 6. The van der Waals surface area contributed by atoms with E-state index < -0.39 is 0 Å². The van der Waals surface area contributed by atoms with Gasteiger partial charge in [-0.25, -0.2) is 4.98 Å². The summed E-state index contributed by atoms with van der Waals surface area (Å²) < 4.78 is 4.34. The highest BCUT2D eigenvalue weighted by molar-refractivity contribution is 7.09. The molecule has 5 rings (SSSR count). The van der Waals surface area contributed by atoms with Gasteiger partial charge in [-0.3, -0.25) is 4.79 Å². The molecule has 2 aromatic rings. The van der Waals surface area contributed by atoms with E-state index >= 15 is 0 Å². The molecular weight excluding hydrogens is 406 g/mol. The monoisotopic (exact) mass is 439 g/mol. The van der Waals surface area contributed by atoms with Gasteiger partial charge in [-0.2, -0.15) is 4.37 Å². The van der Waals surface area contributed by atoms with E-state index in [0.717, 1.165) is 43.6 Å². The molecule has 1 aromatic heterocycles. The zero-order valence-corrected chi connectivity index (χ0v) is 19.7. The lowest BCUT2D eigenvalue weighted by atomic mass is 9.73. The zero-order chi connectivity index (χ0) is 21.6. The molecule has 0 bridgehead atoms. The molecule has 3 aliphatic rings. The fourth-order valence-electron chi connectivity index (χ4n) is 6.05. The van der Waals surface area contributed by atoms with Crippen molar-refractivity contribution in [2.24, 2.45) is 0 Å². The standard InChI is InChI=1S/C24H33N5OS/c1-17-25-23(31-26-17)29-12-8-19(9-13-29)28-14-10-24(11-15-28)16-22(27(3)18(2)30)20-6-4-5-7-21(20)24/h4-7,19,22H,8-16H2,1-3H3/t22-/m0/s1. The maximum absolute atomic E-state index is 12.1. The van der Waals surface area contributed by atoms with E-state index in [4.69, 9.17) is 0 Å². The van der Waals surface area contributed by atoms with Crippen LogP contribution in [0.2, 0.25) is 0 Å². The van der Waals surface area contributed by atoms with Crippen LogP contribution in [-0.2, 0) is 10.2 Å². The van der Waals surface area contributed by atoms with Crippen molar-refractivity contribution in [2.45, 2.75) is 63.5 Å². The maximum Gasteiger partial charge on any atom is 0.219 e. The van der Waals surface area contributed by atoms with E-state index in [-0.39, 0.29) is 17.4 Å². The summed E-state index contributed by atoms with van der Waals surface area (Å²) in [7, 11) is 1.96. The molecule has 2 aliphatic heterocycles. The first kappa shape index (κ1) is 20.9. The fraction of sp³-hybridized carbons (Fsp3) is 0.625. The molecule has 0 N–H and O–H groups in total. The smallest absolute Gasteiger partial charge is 0.219 e. The predicted molar refractivity (Wildman–Crippen MR) is 125 cm³/mol. The van der Waals surface area contributed by atoms with Crippen LogP contribution >= 0.6 is 11.5 Å². The van der Waals surface area contributed by atoms with Gasteiger partial charge >= 0.3 is 0 Å². The summed E-state index contributed by atoms with van der Waals surface area (Å²) in [6.07, 6.45) is 5.88. The molecule has 31 heavy (non-hydrogen) atoms. The van der Waals surface area contributed by atoms with Crippen LogP contribution in [0.4, 0.5) is 5.13 Å². The van der Waals surface area contributed by atoms with Gasteiger partial charge < -0.3 is 14.7 Å². The second-order valence-electron chi connectivity index (χ2n) is 9.60. The first-order valence-corrected chi connectivity index (χ1v) is 12.4. The van der Waals surface area contributed by atoms with Crippen molar-refractivity contribution >= 4 is 22.6 Å². The number of aryl methyl sites for hydroxylation is 1. The summed E-state index contributed by atoms with van der Waals surface area (Å²) in [4.78, 5) is 23.8. The van der Waals surface area contributed by atoms with E-state index in [9.17, 15) is 4.79 Å². The molecule has 2 saturated heterocycles. The number of benzene rings is 1. The summed E-state index contributed by atoms with van der Waals surface area (Å²) in [5, 5.41) is 1.08. The molecule has 1 atom stereocenters. The van der Waals surface area contributed by atoms with Gasteiger partial charge in [-0.05, 0) is 63.2 Å². The van der Waals surface area contributed by atoms with Gasteiger partial charge in [0.25, 0.3) is 0 Å². The van der Waals surface area contributed by atoms with E-state index in [1.807, 2.05) is 18.9 Å². The van der Waals surface area contributed by atoms with Crippen molar-refractivity contribution in [3.8, 4) is 0 Å². The summed E-state index contributed by atoms with van der Waals surface area (Å²) in [5.41, 5.74) is 3.09. The van der Waals surface area contributed by atoms with Crippen molar-refractivity contribution in [2.75, 3.05) is 38.1 Å². The molecule has 0 radical (unpaired) electrons. The highest BCUT2D eigenvalue weighted by Gasteiger charge is 2.47. The summed E-state index contributed by atoms with van der Waals surface area (Å²) in [5.74, 6) is 1.04. The number of anilines is 1. The minimum Gasteiger partial charge on any atom is -0.347 e. The normalized spacial score (nSPS) is 23.8. The number of hydrogen-bond donors (Lipinski definition) is 0. The predicted octanol–water partition coefficient (Wildman–Crippen LogP) is 3.77. The highest BCUT2D eigenvalue weighted by atomic mass is 32.1. The molecule has 6 nitrogen and oxygen atoms in total. The molecule has 166 valence electrons. The van der Waals surface area contributed by atoms with Crippen LogP contribution in [0.5, 0.6) is 0 Å². The maximum atomic E-state index is 12.1. The van der Waals surface area contributed by atoms with Gasteiger partial charge in [0, 0.05) is 50.1 Å². The Morgan fingerprint density at radius 3 is 2.52 bits per heavy atom. The van der Waals surface area contributed by atoms with Crippen LogP contribution in [0.15, 0.2) is 24.3 Å². The topological polar surface area (TPSA) is 52.6 Å². The lowest BCUT2D eigenvalue weighted by Crippen LogP contribution is -2.50. The lowest BCUT2D eigenvalue weighted by Gasteiger charge is -2.45. The van der Waals surface area contributed by atoms with Gasteiger partial charge in [-0.15, -0.1) is 0 Å². The minimum atomic E-state index is 0.159. The molecule has 1 spiro atoms. The van der Waals surface area contributed by atoms with Crippen molar-refractivity contribution < 1.29 is 4.79 Å². The number of likely N-dealkylation sites (tertiary alicyclic amines) is 1. The summed E-state index contributed by atoms with van der Waals surface area (Å²) in [6.45, 7) is 8.13. The van der Waals surface area contributed by atoms with Gasteiger partial charge in [0.15, 0.2) is 0 Å². The summed E-state index contributed by atoms with van der Waals surface area (Å²) >= 11 is 1.53. The molecule has 0 saturated carbocycles. The van der Waals surface area contributed by atoms with Crippen LogP contribution in [-0.4, -0.2) is 64.3 Å². The highest BCUT2D eigenvalue weighted by Crippen LogP contribution is 2.52. The van der Waals surface area contributed by atoms with Gasteiger partial charge in [-0.1, -0.05) is 24.3 Å². The van der Waals surface area contributed by atoms with Crippen LogP contribution in [0.3, 0.4) is 0 Å². The molecule has 1 aliphatic carbocycles. The third-order valence-electron chi connectivity index (χ3n) is 7.96. The average molecular weight is 440 g/mol. The third-order valence-corrected chi connectivity index (χ3v) is 8.83. The van der Waals surface area contributed by atoms with Crippen molar-refractivity contribution in [3.05, 3.63) is 41.2 Å². The largest absolute Gasteiger partial charge is 0.347 e. The van der Waals surface area contributed by atoms with Crippen LogP contribution < -0.4 is 4.90 Å². The summed E-state index contributed by atoms with van der Waals surface area (Å²) in [6, 6.07) is 9.76. The molecule has 3 heterocycles. The number of piperidine rings is 2. The Kier molecular flexibility index (Phi) is 5.51. The minimum absolute atomic E-state index is 0.159. The van der Waals surface area contributed by atoms with E-state index in [1.54, 1.807) is 6.92 Å². The second-order valence-corrected chi connectivity index (χ2v) is 10.3. The Bertz CT molecular complexity index is 943. The van der Waals surface area contributed by atoms with Crippen molar-refractivity contribution in [3.63, 3.8) is 0 Å². The van der Waals surface area contributed by atoms with Gasteiger partial charge in [0.2, 0.25) is 11.0 Å². The molecule has 2 fully saturated rings. The van der Waals surface area contributed by atoms with Crippen molar-refractivity contribution in [1.82, 2.24) is 19.2 Å². The third kappa shape index (κ3) is 3.76. The number of amides is 1. The Morgan fingerprint density at radius 1 is 1.16 bits per heavy atom. The number of carbonyl (C=O) groups is 1. The molecule has 0 unspecified atom stereocenters. The molecule has 7 heteroatoms. The fourth-order valence-corrected chi connectivity index (χ4v) is 6.78. The zero-order valence-electron chi connectivity index (χ0n) is 18.9. The first-order valence-electron chi connectivity index (χ1n) is 11.6. The van der Waals surface area contributed by atoms with Gasteiger partial charge in [0.05, 0.1) is 6.04 Å². The number of carbonyl (C=O) groups excluding carboxylic acids is 1. The Morgan fingerprint density at radius 2 is 1.87 bits per heavy atom. The molecule has 1 amide bonds. The number of fused-ring (bicyclic) bond motifs is 2. The Hall–Kier alpha value is -1.99.